The minimum Gasteiger partial charge on any atom is -0.359 e. The average Bonchev–Trinajstić information content (AvgIpc) is 3.06. The van der Waals surface area contributed by atoms with Gasteiger partial charge in [-0.3, -0.25) is 0 Å². The van der Waals surface area contributed by atoms with Gasteiger partial charge in [0.25, 0.3) is 0 Å². The molecule has 3 rings (SSSR count). The molecule has 2 aromatic carbocycles. The van der Waals surface area contributed by atoms with Crippen LogP contribution in [0.15, 0.2) is 65.6 Å². The van der Waals surface area contributed by atoms with Crippen LogP contribution in [0.25, 0.3) is 0 Å². The Kier molecular flexibility index (Phi) is 5.54. The summed E-state index contributed by atoms with van der Waals surface area (Å²) in [6.45, 7) is 4.73. The molecule has 0 N–H and O–H groups in total. The first-order valence-corrected chi connectivity index (χ1v) is 9.81. The van der Waals surface area contributed by atoms with Gasteiger partial charge in [-0.05, 0) is 23.6 Å². The van der Waals surface area contributed by atoms with Crippen LogP contribution in [0.3, 0.4) is 0 Å². The topological polar surface area (TPSA) is 55.8 Å². The highest BCUT2D eigenvalue weighted by molar-refractivity contribution is 7.89. The fourth-order valence-corrected chi connectivity index (χ4v) is 4.36. The highest BCUT2D eigenvalue weighted by Gasteiger charge is 2.44. The Morgan fingerprint density at radius 3 is 2.28 bits per heavy atom. The second kappa shape index (κ2) is 7.66. The zero-order valence-corrected chi connectivity index (χ0v) is 15.2. The quantitative estimate of drug-likeness (QED) is 0.791. The molecule has 1 aliphatic heterocycles. The molecule has 25 heavy (non-hydrogen) atoms. The van der Waals surface area contributed by atoms with Crippen molar-refractivity contribution in [1.82, 2.24) is 4.31 Å². The smallest absolute Gasteiger partial charge is 0.247 e. The molecule has 0 radical (unpaired) electrons. The molecule has 0 saturated carbocycles. The van der Waals surface area contributed by atoms with Gasteiger partial charge in [-0.2, -0.15) is 0 Å². The standard InChI is InChI=1S/C19H23NO4S/c1-15(2)13-23-18-14-24-19(16-9-5-3-6-10-16)20(18)25(21,22)17-11-7-4-8-12-17/h3-12,15,18-19H,13-14H2,1-2H3. The molecule has 0 amide bonds. The maximum absolute atomic E-state index is 13.2. The predicted octanol–water partition coefficient (Wildman–Crippen LogP) is 3.41. The monoisotopic (exact) mass is 361 g/mol. The van der Waals surface area contributed by atoms with Crippen molar-refractivity contribution in [2.45, 2.75) is 31.2 Å². The molecule has 0 bridgehead atoms. The van der Waals surface area contributed by atoms with Crippen LogP contribution in [-0.4, -0.2) is 32.2 Å². The number of hydrogen-bond donors (Lipinski definition) is 0. The van der Waals surface area contributed by atoms with Gasteiger partial charge in [-0.25, -0.2) is 8.42 Å². The van der Waals surface area contributed by atoms with Gasteiger partial charge in [0.15, 0.2) is 12.5 Å². The Morgan fingerprint density at radius 1 is 1.08 bits per heavy atom. The van der Waals surface area contributed by atoms with Gasteiger partial charge in [0.2, 0.25) is 10.0 Å². The molecule has 0 aromatic heterocycles. The summed E-state index contributed by atoms with van der Waals surface area (Å²) in [7, 11) is -3.75. The lowest BCUT2D eigenvalue weighted by molar-refractivity contribution is -0.0123. The van der Waals surface area contributed by atoms with Gasteiger partial charge in [-0.15, -0.1) is 4.31 Å². The summed E-state index contributed by atoms with van der Waals surface area (Å²) in [6, 6.07) is 17.8. The molecule has 1 fully saturated rings. The highest BCUT2D eigenvalue weighted by Crippen LogP contribution is 2.36. The maximum atomic E-state index is 13.2. The Balaban J connectivity index is 1.97. The summed E-state index contributed by atoms with van der Waals surface area (Å²) in [5.41, 5.74) is 0.789. The molecule has 0 aliphatic carbocycles. The van der Waals surface area contributed by atoms with E-state index in [9.17, 15) is 8.42 Å². The van der Waals surface area contributed by atoms with Crippen LogP contribution >= 0.6 is 0 Å². The van der Waals surface area contributed by atoms with Crippen molar-refractivity contribution in [2.24, 2.45) is 5.92 Å². The van der Waals surface area contributed by atoms with Crippen molar-refractivity contribution in [3.05, 3.63) is 66.2 Å². The van der Waals surface area contributed by atoms with Crippen molar-refractivity contribution >= 4 is 10.0 Å². The van der Waals surface area contributed by atoms with Crippen molar-refractivity contribution in [1.29, 1.82) is 0 Å². The molecular formula is C19H23NO4S. The van der Waals surface area contributed by atoms with Gasteiger partial charge >= 0.3 is 0 Å². The predicted molar refractivity (Wildman–Crippen MR) is 95.2 cm³/mol. The normalized spacial score (nSPS) is 21.7. The first kappa shape index (κ1) is 18.1. The second-order valence-electron chi connectivity index (χ2n) is 6.43. The second-order valence-corrected chi connectivity index (χ2v) is 8.27. The van der Waals surface area contributed by atoms with Crippen molar-refractivity contribution in [2.75, 3.05) is 13.2 Å². The summed E-state index contributed by atoms with van der Waals surface area (Å²) >= 11 is 0. The summed E-state index contributed by atoms with van der Waals surface area (Å²) in [6.07, 6.45) is -1.33. The van der Waals surface area contributed by atoms with E-state index in [0.29, 0.717) is 12.5 Å². The van der Waals surface area contributed by atoms with E-state index in [1.54, 1.807) is 30.3 Å². The lowest BCUT2D eigenvalue weighted by Crippen LogP contribution is -2.40. The molecule has 1 aliphatic rings. The molecule has 2 unspecified atom stereocenters. The molecule has 2 atom stereocenters. The molecule has 2 aromatic rings. The van der Waals surface area contributed by atoms with E-state index in [-0.39, 0.29) is 11.5 Å². The van der Waals surface area contributed by atoms with Crippen molar-refractivity contribution in [3.8, 4) is 0 Å². The molecular weight excluding hydrogens is 338 g/mol. The van der Waals surface area contributed by atoms with Gasteiger partial charge in [0, 0.05) is 0 Å². The molecule has 134 valence electrons. The highest BCUT2D eigenvalue weighted by atomic mass is 32.2. The van der Waals surface area contributed by atoms with Crippen LogP contribution in [-0.2, 0) is 19.5 Å². The summed E-state index contributed by atoms with van der Waals surface area (Å²) in [4.78, 5) is 0.236. The first-order chi connectivity index (χ1) is 12.0. The largest absolute Gasteiger partial charge is 0.359 e. The van der Waals surface area contributed by atoms with Crippen molar-refractivity contribution < 1.29 is 17.9 Å². The van der Waals surface area contributed by atoms with E-state index in [1.165, 1.54) is 4.31 Å². The number of hydrogen-bond acceptors (Lipinski definition) is 4. The van der Waals surface area contributed by atoms with Crippen LogP contribution in [0, 0.1) is 5.92 Å². The zero-order valence-electron chi connectivity index (χ0n) is 14.4. The fourth-order valence-electron chi connectivity index (χ4n) is 2.75. The van der Waals surface area contributed by atoms with E-state index in [2.05, 4.69) is 0 Å². The van der Waals surface area contributed by atoms with Crippen LogP contribution in [0.4, 0.5) is 0 Å². The zero-order chi connectivity index (χ0) is 17.9. The number of ether oxygens (including phenoxy) is 2. The lowest BCUT2D eigenvalue weighted by Gasteiger charge is -2.27. The third-order valence-electron chi connectivity index (χ3n) is 3.94. The summed E-state index contributed by atoms with van der Waals surface area (Å²) in [5.74, 6) is 0.303. The Bertz CT molecular complexity index is 778. The van der Waals surface area contributed by atoms with Crippen LogP contribution in [0.1, 0.15) is 25.6 Å². The SMILES string of the molecule is CC(C)COC1COC(c2ccccc2)N1S(=O)(=O)c1ccccc1. The number of sulfonamides is 1. The third-order valence-corrected chi connectivity index (χ3v) is 5.79. The average molecular weight is 361 g/mol. The third kappa shape index (κ3) is 3.93. The number of nitrogens with zero attached hydrogens (tertiary/aromatic N) is 1. The van der Waals surface area contributed by atoms with Crippen LogP contribution < -0.4 is 0 Å². The molecule has 5 nitrogen and oxygen atoms in total. The molecule has 6 heteroatoms. The summed E-state index contributed by atoms with van der Waals surface area (Å²) < 4.78 is 39.5. The first-order valence-electron chi connectivity index (χ1n) is 8.37. The fraction of sp³-hybridized carbons (Fsp3) is 0.368. The van der Waals surface area contributed by atoms with Gasteiger partial charge in [-0.1, -0.05) is 62.4 Å². The van der Waals surface area contributed by atoms with E-state index < -0.39 is 22.5 Å². The number of rotatable bonds is 6. The van der Waals surface area contributed by atoms with Gasteiger partial charge in [0.1, 0.15) is 0 Å². The maximum Gasteiger partial charge on any atom is 0.247 e. The van der Waals surface area contributed by atoms with E-state index in [4.69, 9.17) is 9.47 Å². The van der Waals surface area contributed by atoms with Crippen molar-refractivity contribution in [3.63, 3.8) is 0 Å². The van der Waals surface area contributed by atoms with Gasteiger partial charge in [0.05, 0.1) is 18.1 Å². The van der Waals surface area contributed by atoms with E-state index in [1.807, 2.05) is 44.2 Å². The lowest BCUT2D eigenvalue weighted by atomic mass is 10.2. The van der Waals surface area contributed by atoms with E-state index in [0.717, 1.165) is 5.56 Å². The Labute approximate surface area is 149 Å². The number of benzene rings is 2. The Hall–Kier alpha value is -1.73. The molecule has 0 spiro atoms. The van der Waals surface area contributed by atoms with Crippen LogP contribution in [0.2, 0.25) is 0 Å². The van der Waals surface area contributed by atoms with E-state index >= 15 is 0 Å². The Morgan fingerprint density at radius 2 is 1.68 bits per heavy atom. The van der Waals surface area contributed by atoms with Crippen LogP contribution in [0.5, 0.6) is 0 Å². The summed E-state index contributed by atoms with van der Waals surface area (Å²) in [5, 5.41) is 0. The minimum absolute atomic E-state index is 0.207. The van der Waals surface area contributed by atoms with Gasteiger partial charge < -0.3 is 9.47 Å². The molecule has 1 heterocycles. The minimum atomic E-state index is -3.75. The molecule has 1 saturated heterocycles.